The van der Waals surface area contributed by atoms with Crippen LogP contribution in [0.2, 0.25) is 0 Å². The number of aryl methyl sites for hydroxylation is 1. The number of carbonyl (C=O) groups excluding carboxylic acids is 1. The molecule has 6 heteroatoms. The topological polar surface area (TPSA) is 51.2 Å². The molecule has 0 bridgehead atoms. The van der Waals surface area contributed by atoms with E-state index in [2.05, 4.69) is 0 Å². The molecule has 1 aliphatic rings. The van der Waals surface area contributed by atoms with Gasteiger partial charge in [0.2, 0.25) is 0 Å². The van der Waals surface area contributed by atoms with E-state index >= 15 is 0 Å². The number of ketones is 1. The second kappa shape index (κ2) is 5.75. The van der Waals surface area contributed by atoms with E-state index in [1.165, 1.54) is 16.7 Å². The maximum atomic E-state index is 12.0. The van der Waals surface area contributed by atoms with E-state index in [9.17, 15) is 13.2 Å². The maximum Gasteiger partial charge on any atom is 0.172 e. The van der Waals surface area contributed by atoms with Gasteiger partial charge in [-0.1, -0.05) is 0 Å². The van der Waals surface area contributed by atoms with Crippen molar-refractivity contribution in [1.82, 2.24) is 0 Å². The van der Waals surface area contributed by atoms with Gasteiger partial charge in [0, 0.05) is 23.3 Å². The van der Waals surface area contributed by atoms with Crippen molar-refractivity contribution in [2.75, 3.05) is 17.8 Å². The van der Waals surface area contributed by atoms with Gasteiger partial charge in [-0.2, -0.15) is 11.8 Å². The Morgan fingerprint density at radius 3 is 2.89 bits per heavy atom. The monoisotopic (exact) mass is 304 g/mol. The highest BCUT2D eigenvalue weighted by atomic mass is 32.2. The Balaban J connectivity index is 1.95. The molecule has 0 spiro atoms. The summed E-state index contributed by atoms with van der Waals surface area (Å²) < 4.78 is 22.0. The van der Waals surface area contributed by atoms with Crippen LogP contribution >= 0.6 is 23.1 Å². The van der Waals surface area contributed by atoms with Crippen molar-refractivity contribution in [3.63, 3.8) is 0 Å². The summed E-state index contributed by atoms with van der Waals surface area (Å²) in [5, 5.41) is 0. The Morgan fingerprint density at radius 2 is 2.22 bits per heavy atom. The van der Waals surface area contributed by atoms with Crippen LogP contribution in [0.25, 0.3) is 0 Å². The molecule has 1 aliphatic heterocycles. The van der Waals surface area contributed by atoms with Crippen molar-refractivity contribution in [2.24, 2.45) is 0 Å². The molecule has 0 aliphatic carbocycles. The van der Waals surface area contributed by atoms with Gasteiger partial charge in [-0.25, -0.2) is 8.42 Å². The zero-order chi connectivity index (χ0) is 13.2. The second-order valence-corrected chi connectivity index (χ2v) is 9.02. The van der Waals surface area contributed by atoms with Gasteiger partial charge in [0.25, 0.3) is 0 Å². The fourth-order valence-electron chi connectivity index (χ4n) is 1.90. The van der Waals surface area contributed by atoms with E-state index in [-0.39, 0.29) is 11.5 Å². The molecule has 1 aromatic rings. The lowest BCUT2D eigenvalue weighted by atomic mass is 10.1. The van der Waals surface area contributed by atoms with Crippen molar-refractivity contribution in [3.8, 4) is 0 Å². The molecular weight excluding hydrogens is 288 g/mol. The lowest BCUT2D eigenvalue weighted by Gasteiger charge is -2.08. The van der Waals surface area contributed by atoms with E-state index in [0.717, 1.165) is 22.8 Å². The summed E-state index contributed by atoms with van der Waals surface area (Å²) >= 11 is 3.49. The van der Waals surface area contributed by atoms with Crippen LogP contribution in [0.15, 0.2) is 6.07 Å². The minimum Gasteiger partial charge on any atom is -0.293 e. The molecule has 100 valence electrons. The molecule has 0 saturated carbocycles. The molecule has 0 atom stereocenters. The van der Waals surface area contributed by atoms with Gasteiger partial charge in [0.05, 0.1) is 10.6 Å². The first-order valence-corrected chi connectivity index (χ1v) is 9.89. The van der Waals surface area contributed by atoms with Gasteiger partial charge in [-0.15, -0.1) is 11.3 Å². The third kappa shape index (κ3) is 3.83. The number of fused-ring (bicyclic) bond motifs is 1. The Bertz CT molecular complexity index is 519. The summed E-state index contributed by atoms with van der Waals surface area (Å²) in [7, 11) is -2.96. The molecule has 3 nitrogen and oxygen atoms in total. The van der Waals surface area contributed by atoms with Gasteiger partial charge >= 0.3 is 0 Å². The van der Waals surface area contributed by atoms with Crippen LogP contribution in [0.3, 0.4) is 0 Å². The van der Waals surface area contributed by atoms with Gasteiger partial charge in [0.1, 0.15) is 9.84 Å². The van der Waals surface area contributed by atoms with Gasteiger partial charge in [-0.05, 0) is 30.2 Å². The van der Waals surface area contributed by atoms with Gasteiger partial charge < -0.3 is 0 Å². The molecule has 0 aromatic carbocycles. The zero-order valence-corrected chi connectivity index (χ0v) is 12.7. The lowest BCUT2D eigenvalue weighted by Crippen LogP contribution is -2.05. The highest BCUT2D eigenvalue weighted by Gasteiger charge is 2.17. The van der Waals surface area contributed by atoms with Crippen molar-refractivity contribution in [3.05, 3.63) is 21.4 Å². The first-order valence-electron chi connectivity index (χ1n) is 5.86. The van der Waals surface area contributed by atoms with Crippen LogP contribution in [0, 0.1) is 0 Å². The number of Topliss-reactive ketones (excluding diaryl/α,β-unsaturated/α-hetero) is 1. The fourth-order valence-corrected chi connectivity index (χ4v) is 4.91. The largest absolute Gasteiger partial charge is 0.293 e. The number of carbonyl (C=O) groups is 1. The second-order valence-electron chi connectivity index (χ2n) is 4.52. The van der Waals surface area contributed by atoms with Crippen molar-refractivity contribution in [1.29, 1.82) is 0 Å². The minimum absolute atomic E-state index is 0.0862. The van der Waals surface area contributed by atoms with E-state index in [0.29, 0.717) is 12.8 Å². The van der Waals surface area contributed by atoms with E-state index in [1.807, 2.05) is 17.8 Å². The van der Waals surface area contributed by atoms with Crippen LogP contribution in [-0.4, -0.2) is 32.0 Å². The average molecular weight is 304 g/mol. The Kier molecular flexibility index (Phi) is 4.50. The van der Waals surface area contributed by atoms with Crippen molar-refractivity contribution < 1.29 is 13.2 Å². The normalized spacial score (nSPS) is 15.4. The number of thiophene rings is 1. The molecule has 0 fully saturated rings. The average Bonchev–Trinajstić information content (AvgIpc) is 2.70. The molecule has 2 rings (SSSR count). The molecule has 0 unspecified atom stereocenters. The highest BCUT2D eigenvalue weighted by molar-refractivity contribution is 7.98. The van der Waals surface area contributed by atoms with Crippen molar-refractivity contribution in [2.45, 2.75) is 25.0 Å². The SMILES string of the molecule is CS(=O)(=O)CCCC(=O)c1cc2c(s1)CCSC2. The standard InChI is InChI=1S/C12H16O3S3/c1-18(14,15)6-2-3-10(13)12-7-9-8-16-5-4-11(9)17-12/h7H,2-6,8H2,1H3. The van der Waals surface area contributed by atoms with Crippen LogP contribution in [0.5, 0.6) is 0 Å². The third-order valence-electron chi connectivity index (χ3n) is 2.82. The number of hydrogen-bond acceptors (Lipinski definition) is 5. The molecule has 0 N–H and O–H groups in total. The third-order valence-corrected chi connectivity index (χ3v) is 6.14. The summed E-state index contributed by atoms with van der Waals surface area (Å²) in [4.78, 5) is 14.1. The van der Waals surface area contributed by atoms with Crippen LogP contribution in [0.4, 0.5) is 0 Å². The van der Waals surface area contributed by atoms with E-state index in [1.54, 1.807) is 11.3 Å². The van der Waals surface area contributed by atoms with Crippen LogP contribution in [0.1, 0.15) is 33.0 Å². The number of hydrogen-bond donors (Lipinski definition) is 0. The summed E-state index contributed by atoms with van der Waals surface area (Å²) in [6.07, 6.45) is 3.02. The summed E-state index contributed by atoms with van der Waals surface area (Å²) in [6.45, 7) is 0. The first kappa shape index (κ1) is 14.1. The highest BCUT2D eigenvalue weighted by Crippen LogP contribution is 2.32. The molecule has 18 heavy (non-hydrogen) atoms. The molecule has 1 aromatic heterocycles. The molecular formula is C12H16O3S3. The molecule has 0 amide bonds. The summed E-state index contributed by atoms with van der Waals surface area (Å²) in [5.41, 5.74) is 1.29. The fraction of sp³-hybridized carbons (Fsp3) is 0.583. The number of rotatable bonds is 5. The maximum absolute atomic E-state index is 12.0. The summed E-state index contributed by atoms with van der Waals surface area (Å²) in [6, 6.07) is 1.99. The van der Waals surface area contributed by atoms with Crippen LogP contribution in [-0.2, 0) is 22.0 Å². The van der Waals surface area contributed by atoms with Crippen LogP contribution < -0.4 is 0 Å². The summed E-state index contributed by atoms with van der Waals surface area (Å²) in [5.74, 6) is 2.32. The number of thioether (sulfide) groups is 1. The Morgan fingerprint density at radius 1 is 1.44 bits per heavy atom. The Hall–Kier alpha value is -0.330. The van der Waals surface area contributed by atoms with E-state index < -0.39 is 9.84 Å². The number of sulfone groups is 1. The minimum atomic E-state index is -2.96. The lowest BCUT2D eigenvalue weighted by molar-refractivity contribution is 0.0986. The quantitative estimate of drug-likeness (QED) is 0.785. The van der Waals surface area contributed by atoms with Crippen molar-refractivity contribution >= 4 is 38.7 Å². The zero-order valence-electron chi connectivity index (χ0n) is 10.3. The van der Waals surface area contributed by atoms with Gasteiger partial charge in [-0.3, -0.25) is 4.79 Å². The van der Waals surface area contributed by atoms with Gasteiger partial charge in [0.15, 0.2) is 5.78 Å². The molecule has 2 heterocycles. The predicted molar refractivity (Wildman–Crippen MR) is 77.5 cm³/mol. The van der Waals surface area contributed by atoms with E-state index in [4.69, 9.17) is 0 Å². The Labute approximate surface area is 116 Å². The first-order chi connectivity index (χ1) is 8.46. The predicted octanol–water partition coefficient (Wildman–Crippen LogP) is 2.54. The smallest absolute Gasteiger partial charge is 0.172 e. The molecule has 0 saturated heterocycles. The molecule has 0 radical (unpaired) electrons.